The Labute approximate surface area is 95.5 Å². The normalized spacial score (nSPS) is 18.2. The highest BCUT2D eigenvalue weighted by molar-refractivity contribution is 5.40. The van der Waals surface area contributed by atoms with Crippen LogP contribution in [0.3, 0.4) is 0 Å². The first-order valence-electron chi connectivity index (χ1n) is 5.68. The van der Waals surface area contributed by atoms with E-state index in [1.54, 1.807) is 0 Å². The minimum atomic E-state index is 0.282. The fourth-order valence-electron chi connectivity index (χ4n) is 2.28. The maximum atomic E-state index is 5.91. The molecule has 1 aliphatic rings. The predicted molar refractivity (Wildman–Crippen MR) is 63.7 cm³/mol. The van der Waals surface area contributed by atoms with Crippen LogP contribution in [0.4, 0.5) is 0 Å². The van der Waals surface area contributed by atoms with E-state index in [4.69, 9.17) is 4.74 Å². The second kappa shape index (κ2) is 3.71. The molecule has 0 spiro atoms. The van der Waals surface area contributed by atoms with E-state index in [1.165, 1.54) is 11.1 Å². The van der Waals surface area contributed by atoms with Gasteiger partial charge in [-0.1, -0.05) is 17.7 Å². The molecule has 1 aromatic carbocycles. The molecule has 16 heavy (non-hydrogen) atoms. The first-order valence-corrected chi connectivity index (χ1v) is 5.68. The molecule has 2 heteroatoms. The third kappa shape index (κ3) is 1.71. The molecule has 2 nitrogen and oxygen atoms in total. The number of aryl methyl sites for hydroxylation is 1. The number of aromatic nitrogens is 1. The van der Waals surface area contributed by atoms with Crippen LogP contribution in [0, 0.1) is 6.92 Å². The van der Waals surface area contributed by atoms with Crippen molar-refractivity contribution >= 4 is 0 Å². The highest BCUT2D eigenvalue weighted by Crippen LogP contribution is 2.29. The van der Waals surface area contributed by atoms with Crippen molar-refractivity contribution in [3.05, 3.63) is 53.9 Å². The van der Waals surface area contributed by atoms with Crippen molar-refractivity contribution in [1.82, 2.24) is 4.57 Å². The highest BCUT2D eigenvalue weighted by atomic mass is 16.5. The van der Waals surface area contributed by atoms with Gasteiger partial charge in [-0.15, -0.1) is 0 Å². The lowest BCUT2D eigenvalue weighted by Gasteiger charge is -2.11. The lowest BCUT2D eigenvalue weighted by molar-refractivity contribution is 0.209. The summed E-state index contributed by atoms with van der Waals surface area (Å²) in [5.41, 5.74) is 2.65. The summed E-state index contributed by atoms with van der Waals surface area (Å²) < 4.78 is 8.08. The monoisotopic (exact) mass is 213 g/mol. The second-order valence-electron chi connectivity index (χ2n) is 4.43. The molecular formula is C14H15NO. The minimum Gasteiger partial charge on any atom is -0.488 e. The molecule has 0 fully saturated rings. The van der Waals surface area contributed by atoms with E-state index in [0.29, 0.717) is 0 Å². The average Bonchev–Trinajstić information content (AvgIpc) is 2.86. The van der Waals surface area contributed by atoms with Gasteiger partial charge in [0.2, 0.25) is 0 Å². The van der Waals surface area contributed by atoms with Gasteiger partial charge in [-0.3, -0.25) is 0 Å². The van der Waals surface area contributed by atoms with E-state index < -0.39 is 0 Å². The van der Waals surface area contributed by atoms with Crippen LogP contribution < -0.4 is 4.74 Å². The zero-order chi connectivity index (χ0) is 11.0. The molecule has 82 valence electrons. The van der Waals surface area contributed by atoms with E-state index in [2.05, 4.69) is 42.1 Å². The molecule has 0 amide bonds. The van der Waals surface area contributed by atoms with E-state index in [9.17, 15) is 0 Å². The Morgan fingerprint density at radius 1 is 1.31 bits per heavy atom. The van der Waals surface area contributed by atoms with Crippen LogP contribution in [0.15, 0.2) is 42.7 Å². The molecule has 1 aromatic heterocycles. The summed E-state index contributed by atoms with van der Waals surface area (Å²) in [5.74, 6) is 1.06. The first-order chi connectivity index (χ1) is 7.81. The molecule has 0 N–H and O–H groups in total. The summed E-state index contributed by atoms with van der Waals surface area (Å²) in [6.07, 6.45) is 5.47. The van der Waals surface area contributed by atoms with Gasteiger partial charge in [0.05, 0.1) is 6.54 Å². The van der Waals surface area contributed by atoms with Crippen LogP contribution in [0.5, 0.6) is 5.75 Å². The lowest BCUT2D eigenvalue weighted by Crippen LogP contribution is -2.19. The SMILES string of the molecule is Cc1ccc2c(c1)CC(Cn1cccc1)O2. The van der Waals surface area contributed by atoms with Gasteiger partial charge in [-0.25, -0.2) is 0 Å². The summed E-state index contributed by atoms with van der Waals surface area (Å²) in [7, 11) is 0. The molecule has 0 aliphatic carbocycles. The zero-order valence-electron chi connectivity index (χ0n) is 9.39. The molecule has 0 radical (unpaired) electrons. The highest BCUT2D eigenvalue weighted by Gasteiger charge is 2.22. The molecule has 0 saturated heterocycles. The second-order valence-corrected chi connectivity index (χ2v) is 4.43. The minimum absolute atomic E-state index is 0.282. The summed E-state index contributed by atoms with van der Waals surface area (Å²) in [6.45, 7) is 3.06. The summed E-state index contributed by atoms with van der Waals surface area (Å²) >= 11 is 0. The van der Waals surface area contributed by atoms with E-state index in [0.717, 1.165) is 18.7 Å². The van der Waals surface area contributed by atoms with Gasteiger partial charge in [0.15, 0.2) is 0 Å². The fraction of sp³-hybridized carbons (Fsp3) is 0.286. The number of nitrogens with zero attached hydrogens (tertiary/aromatic N) is 1. The molecule has 1 aliphatic heterocycles. The number of hydrogen-bond acceptors (Lipinski definition) is 1. The van der Waals surface area contributed by atoms with Crippen molar-refractivity contribution in [2.24, 2.45) is 0 Å². The van der Waals surface area contributed by atoms with Crippen molar-refractivity contribution in [3.8, 4) is 5.75 Å². The van der Waals surface area contributed by atoms with Crippen LogP contribution >= 0.6 is 0 Å². The first kappa shape index (κ1) is 9.52. The van der Waals surface area contributed by atoms with Crippen molar-refractivity contribution in [1.29, 1.82) is 0 Å². The van der Waals surface area contributed by atoms with Gasteiger partial charge in [-0.2, -0.15) is 0 Å². The van der Waals surface area contributed by atoms with Crippen LogP contribution in [0.1, 0.15) is 11.1 Å². The molecule has 2 heterocycles. The van der Waals surface area contributed by atoms with Gasteiger partial charge in [0.25, 0.3) is 0 Å². The van der Waals surface area contributed by atoms with Crippen LogP contribution in [0.25, 0.3) is 0 Å². The number of rotatable bonds is 2. The molecule has 0 bridgehead atoms. The smallest absolute Gasteiger partial charge is 0.123 e. The number of hydrogen-bond donors (Lipinski definition) is 0. The summed E-state index contributed by atoms with van der Waals surface area (Å²) in [5, 5.41) is 0. The van der Waals surface area contributed by atoms with Gasteiger partial charge >= 0.3 is 0 Å². The zero-order valence-corrected chi connectivity index (χ0v) is 9.39. The van der Waals surface area contributed by atoms with E-state index in [-0.39, 0.29) is 6.10 Å². The van der Waals surface area contributed by atoms with Crippen molar-refractivity contribution in [3.63, 3.8) is 0 Å². The third-order valence-electron chi connectivity index (χ3n) is 3.04. The topological polar surface area (TPSA) is 14.2 Å². The molecule has 3 rings (SSSR count). The molecule has 1 unspecified atom stereocenters. The molecule has 0 saturated carbocycles. The predicted octanol–water partition coefficient (Wildman–Crippen LogP) is 2.80. The third-order valence-corrected chi connectivity index (χ3v) is 3.04. The van der Waals surface area contributed by atoms with Crippen molar-refractivity contribution in [2.45, 2.75) is 26.0 Å². The maximum absolute atomic E-state index is 5.91. The quantitative estimate of drug-likeness (QED) is 0.748. The van der Waals surface area contributed by atoms with Crippen LogP contribution in [0.2, 0.25) is 0 Å². The Morgan fingerprint density at radius 2 is 2.12 bits per heavy atom. The van der Waals surface area contributed by atoms with Gasteiger partial charge in [-0.05, 0) is 30.7 Å². The van der Waals surface area contributed by atoms with Crippen molar-refractivity contribution in [2.75, 3.05) is 0 Å². The fourth-order valence-corrected chi connectivity index (χ4v) is 2.28. The van der Waals surface area contributed by atoms with E-state index >= 15 is 0 Å². The Hall–Kier alpha value is -1.70. The Balaban J connectivity index is 1.75. The molecule has 2 aromatic rings. The van der Waals surface area contributed by atoms with Gasteiger partial charge in [0, 0.05) is 18.8 Å². The number of fused-ring (bicyclic) bond motifs is 1. The largest absolute Gasteiger partial charge is 0.488 e. The van der Waals surface area contributed by atoms with Crippen LogP contribution in [-0.2, 0) is 13.0 Å². The molecular weight excluding hydrogens is 198 g/mol. The maximum Gasteiger partial charge on any atom is 0.123 e. The van der Waals surface area contributed by atoms with Gasteiger partial charge < -0.3 is 9.30 Å². The average molecular weight is 213 g/mol. The van der Waals surface area contributed by atoms with Crippen molar-refractivity contribution < 1.29 is 4.74 Å². The number of benzene rings is 1. The summed E-state index contributed by atoms with van der Waals surface area (Å²) in [4.78, 5) is 0. The Bertz CT molecular complexity index is 487. The summed E-state index contributed by atoms with van der Waals surface area (Å²) in [6, 6.07) is 10.5. The van der Waals surface area contributed by atoms with E-state index in [1.807, 2.05) is 12.1 Å². The van der Waals surface area contributed by atoms with Gasteiger partial charge in [0.1, 0.15) is 11.9 Å². The standard InChI is InChI=1S/C14H15NO/c1-11-4-5-14-12(8-11)9-13(16-14)10-15-6-2-3-7-15/h2-8,13H,9-10H2,1H3. The molecule has 1 atom stereocenters. The Morgan fingerprint density at radius 3 is 2.94 bits per heavy atom. The number of ether oxygens (including phenoxy) is 1. The Kier molecular flexibility index (Phi) is 2.21. The van der Waals surface area contributed by atoms with Crippen LogP contribution in [-0.4, -0.2) is 10.7 Å². The lowest BCUT2D eigenvalue weighted by atomic mass is 10.1.